The Hall–Kier alpha value is -4.80. The summed E-state index contributed by atoms with van der Waals surface area (Å²) in [6.07, 6.45) is 3.66. The first-order valence-corrected chi connectivity index (χ1v) is 11.6. The number of aromatic nitrogens is 7. The third-order valence-electron chi connectivity index (χ3n) is 6.40. The van der Waals surface area contributed by atoms with Crippen molar-refractivity contribution in [3.05, 3.63) is 71.6 Å². The zero-order valence-corrected chi connectivity index (χ0v) is 20.1. The summed E-state index contributed by atoms with van der Waals surface area (Å²) in [6.45, 7) is 2.57. The number of carbonyl (C=O) groups is 1. The van der Waals surface area contributed by atoms with Gasteiger partial charge in [-0.05, 0) is 48.9 Å². The van der Waals surface area contributed by atoms with Crippen LogP contribution in [-0.4, -0.2) is 60.0 Å². The summed E-state index contributed by atoms with van der Waals surface area (Å²) in [5.74, 6) is -0.365. The molecule has 0 saturated heterocycles. The van der Waals surface area contributed by atoms with Gasteiger partial charge in [0.15, 0.2) is 0 Å². The highest BCUT2D eigenvalue weighted by Gasteiger charge is 2.23. The molecule has 0 atom stereocenters. The van der Waals surface area contributed by atoms with Gasteiger partial charge in [0.25, 0.3) is 0 Å². The van der Waals surface area contributed by atoms with Crippen LogP contribution < -0.4 is 0 Å². The number of halogens is 1. The van der Waals surface area contributed by atoms with Gasteiger partial charge in [0, 0.05) is 30.3 Å². The number of H-pyrrole nitrogens is 1. The van der Waals surface area contributed by atoms with Crippen LogP contribution in [0.4, 0.5) is 9.18 Å². The van der Waals surface area contributed by atoms with Gasteiger partial charge in [-0.25, -0.2) is 19.2 Å². The molecule has 5 aromatic heterocycles. The highest BCUT2D eigenvalue weighted by atomic mass is 19.1. The number of methoxy groups -OCH3 is 1. The number of nitrogens with one attached hydrogen (secondary N) is 1. The van der Waals surface area contributed by atoms with E-state index >= 15 is 0 Å². The number of aromatic amines is 1. The molecule has 11 heteroatoms. The van der Waals surface area contributed by atoms with Crippen molar-refractivity contribution in [2.75, 3.05) is 13.7 Å². The molecule has 0 bridgehead atoms. The van der Waals surface area contributed by atoms with E-state index in [-0.39, 0.29) is 11.9 Å². The second-order valence-corrected chi connectivity index (χ2v) is 8.72. The summed E-state index contributed by atoms with van der Waals surface area (Å²) < 4.78 is 18.6. The minimum atomic E-state index is -0.365. The Labute approximate surface area is 210 Å². The van der Waals surface area contributed by atoms with Gasteiger partial charge < -0.3 is 9.64 Å². The monoisotopic (exact) mass is 496 g/mol. The summed E-state index contributed by atoms with van der Waals surface area (Å²) in [5, 5.41) is 15.9. The van der Waals surface area contributed by atoms with Crippen LogP contribution in [-0.2, 0) is 17.7 Å². The maximum absolute atomic E-state index is 13.7. The lowest BCUT2D eigenvalue weighted by Crippen LogP contribution is -2.36. The van der Waals surface area contributed by atoms with Crippen LogP contribution in [0.1, 0.15) is 17.0 Å². The van der Waals surface area contributed by atoms with E-state index < -0.39 is 0 Å². The Balaban J connectivity index is 1.36. The average molecular weight is 497 g/mol. The number of fused-ring (bicyclic) bond motifs is 2. The fourth-order valence-electron chi connectivity index (χ4n) is 4.41. The Kier molecular flexibility index (Phi) is 5.52. The fraction of sp³-hybridized carbons (Fsp3) is 0.192. The van der Waals surface area contributed by atoms with Crippen LogP contribution in [0.15, 0.2) is 48.8 Å². The number of hydrogen-bond acceptors (Lipinski definition) is 8. The first-order valence-electron chi connectivity index (χ1n) is 11.6. The standard InChI is InChI=1S/C26H21FN8O2/c1-14-18(27)3-4-22(30-14)25-17(12-29-34-25)20-5-6-21-24(31-20)9-15(11-28-21)23-10-16-13-35(26(36)37-2)8-7-19(16)32-33-23/h3-6,9-12H,7-8,13H2,1-2H3,(H,29,34). The third kappa shape index (κ3) is 4.14. The number of hydrogen-bond donors (Lipinski definition) is 1. The van der Waals surface area contributed by atoms with Crippen molar-refractivity contribution in [1.82, 2.24) is 40.2 Å². The highest BCUT2D eigenvalue weighted by molar-refractivity contribution is 5.84. The van der Waals surface area contributed by atoms with E-state index in [1.807, 2.05) is 24.3 Å². The zero-order chi connectivity index (χ0) is 25.5. The van der Waals surface area contributed by atoms with E-state index in [1.165, 1.54) is 13.2 Å². The minimum Gasteiger partial charge on any atom is -0.453 e. The number of amides is 1. The van der Waals surface area contributed by atoms with Gasteiger partial charge in [0.1, 0.15) is 5.82 Å². The molecule has 6 rings (SSSR count). The van der Waals surface area contributed by atoms with Gasteiger partial charge >= 0.3 is 6.09 Å². The van der Waals surface area contributed by atoms with Gasteiger partial charge in [-0.3, -0.25) is 10.1 Å². The van der Waals surface area contributed by atoms with Crippen molar-refractivity contribution in [2.45, 2.75) is 19.9 Å². The molecule has 0 radical (unpaired) electrons. The zero-order valence-electron chi connectivity index (χ0n) is 20.1. The van der Waals surface area contributed by atoms with E-state index in [2.05, 4.69) is 30.4 Å². The molecule has 0 spiro atoms. The molecule has 0 saturated carbocycles. The van der Waals surface area contributed by atoms with Crippen molar-refractivity contribution in [3.63, 3.8) is 0 Å². The molecule has 37 heavy (non-hydrogen) atoms. The van der Waals surface area contributed by atoms with Crippen LogP contribution in [0.5, 0.6) is 0 Å². The lowest BCUT2D eigenvalue weighted by molar-refractivity contribution is 0.118. The van der Waals surface area contributed by atoms with Crippen LogP contribution >= 0.6 is 0 Å². The number of carbonyl (C=O) groups excluding carboxylic acids is 1. The topological polar surface area (TPSA) is 123 Å². The molecule has 1 N–H and O–H groups in total. The van der Waals surface area contributed by atoms with Gasteiger partial charge in [-0.15, -0.1) is 0 Å². The summed E-state index contributed by atoms with van der Waals surface area (Å²) in [4.78, 5) is 27.3. The van der Waals surface area contributed by atoms with Crippen molar-refractivity contribution in [2.24, 2.45) is 0 Å². The summed E-state index contributed by atoms with van der Waals surface area (Å²) in [7, 11) is 1.37. The largest absolute Gasteiger partial charge is 0.453 e. The number of pyridine rings is 3. The second-order valence-electron chi connectivity index (χ2n) is 8.72. The lowest BCUT2D eigenvalue weighted by Gasteiger charge is -2.26. The minimum absolute atomic E-state index is 0.305. The molecule has 0 aliphatic carbocycles. The molecule has 0 fully saturated rings. The maximum Gasteiger partial charge on any atom is 0.409 e. The number of rotatable bonds is 3. The van der Waals surface area contributed by atoms with Gasteiger partial charge in [0.05, 0.1) is 65.0 Å². The van der Waals surface area contributed by atoms with Crippen LogP contribution in [0, 0.1) is 12.7 Å². The van der Waals surface area contributed by atoms with Crippen molar-refractivity contribution < 1.29 is 13.9 Å². The molecule has 1 aliphatic rings. The molecule has 0 aromatic carbocycles. The van der Waals surface area contributed by atoms with Crippen LogP contribution in [0.25, 0.3) is 44.9 Å². The normalized spacial score (nSPS) is 13.0. The smallest absolute Gasteiger partial charge is 0.409 e. The molecule has 0 unspecified atom stereocenters. The van der Waals surface area contributed by atoms with E-state index in [4.69, 9.17) is 9.72 Å². The van der Waals surface area contributed by atoms with Gasteiger partial charge in [0.2, 0.25) is 0 Å². The quantitative estimate of drug-likeness (QED) is 0.396. The number of nitrogens with zero attached hydrogens (tertiary/aromatic N) is 7. The average Bonchev–Trinajstić information content (AvgIpc) is 3.43. The van der Waals surface area contributed by atoms with Crippen molar-refractivity contribution in [3.8, 4) is 33.9 Å². The van der Waals surface area contributed by atoms with E-state index in [9.17, 15) is 9.18 Å². The first-order chi connectivity index (χ1) is 18.0. The third-order valence-corrected chi connectivity index (χ3v) is 6.40. The van der Waals surface area contributed by atoms with Crippen LogP contribution in [0.2, 0.25) is 0 Å². The molecule has 6 heterocycles. The molecule has 1 amide bonds. The predicted octanol–water partition coefficient (Wildman–Crippen LogP) is 4.11. The van der Waals surface area contributed by atoms with E-state index in [0.717, 1.165) is 27.9 Å². The molecular weight excluding hydrogens is 475 g/mol. The Morgan fingerprint density at radius 2 is 1.89 bits per heavy atom. The summed E-state index contributed by atoms with van der Waals surface area (Å²) >= 11 is 0. The molecular formula is C26H21FN8O2. The second kappa shape index (κ2) is 9.01. The van der Waals surface area contributed by atoms with E-state index in [1.54, 1.807) is 30.3 Å². The van der Waals surface area contributed by atoms with Gasteiger partial charge in [-0.1, -0.05) is 0 Å². The van der Waals surface area contributed by atoms with Crippen molar-refractivity contribution >= 4 is 17.1 Å². The fourth-order valence-corrected chi connectivity index (χ4v) is 4.41. The van der Waals surface area contributed by atoms with Gasteiger partial charge in [-0.2, -0.15) is 15.3 Å². The Morgan fingerprint density at radius 3 is 2.73 bits per heavy atom. The molecule has 5 aromatic rings. The predicted molar refractivity (Wildman–Crippen MR) is 133 cm³/mol. The first kappa shape index (κ1) is 22.7. The number of aryl methyl sites for hydroxylation is 1. The summed E-state index contributed by atoms with van der Waals surface area (Å²) in [5.41, 5.74) is 7.51. The highest BCUT2D eigenvalue weighted by Crippen LogP contribution is 2.30. The van der Waals surface area contributed by atoms with E-state index in [0.29, 0.717) is 53.5 Å². The van der Waals surface area contributed by atoms with Crippen molar-refractivity contribution in [1.29, 1.82) is 0 Å². The Morgan fingerprint density at radius 1 is 1.03 bits per heavy atom. The maximum atomic E-state index is 13.7. The molecule has 1 aliphatic heterocycles. The lowest BCUT2D eigenvalue weighted by atomic mass is 10.0. The SMILES string of the molecule is COC(=O)N1CCc2nnc(-c3cnc4ccc(-c5cn[nH]c5-c5ccc(F)c(C)n5)nc4c3)cc2C1. The number of ether oxygens (including phenoxy) is 1. The summed E-state index contributed by atoms with van der Waals surface area (Å²) in [6, 6.07) is 10.6. The Bertz CT molecular complexity index is 1670. The van der Waals surface area contributed by atoms with Crippen LogP contribution in [0.3, 0.4) is 0 Å². The molecule has 10 nitrogen and oxygen atoms in total. The molecule has 184 valence electrons.